The Bertz CT molecular complexity index is 433. The molecule has 20 heavy (non-hydrogen) atoms. The van der Waals surface area contributed by atoms with Crippen LogP contribution >= 0.6 is 0 Å². The predicted octanol–water partition coefficient (Wildman–Crippen LogP) is 2.65. The van der Waals surface area contributed by atoms with E-state index >= 15 is 0 Å². The number of rotatable bonds is 3. The molecule has 0 aromatic heterocycles. The Kier molecular flexibility index (Phi) is 4.55. The molecular weight excluding hydrogens is 269 g/mol. The predicted molar refractivity (Wildman–Crippen MR) is 71.7 cm³/mol. The van der Waals surface area contributed by atoms with Crippen molar-refractivity contribution in [1.29, 1.82) is 0 Å². The first-order valence-corrected chi connectivity index (χ1v) is 6.62. The molecule has 0 amide bonds. The van der Waals surface area contributed by atoms with Crippen LogP contribution < -0.4 is 10.6 Å². The summed E-state index contributed by atoms with van der Waals surface area (Å²) in [6.07, 6.45) is -2.47. The van der Waals surface area contributed by atoms with Crippen LogP contribution in [0.3, 0.4) is 0 Å². The molecule has 2 rings (SSSR count). The van der Waals surface area contributed by atoms with Gasteiger partial charge in [0.1, 0.15) is 0 Å². The number of ether oxygens (including phenoxy) is 1. The highest BCUT2D eigenvalue weighted by atomic mass is 19.4. The Morgan fingerprint density at radius 3 is 2.45 bits per heavy atom. The maximum absolute atomic E-state index is 12.6. The van der Waals surface area contributed by atoms with Gasteiger partial charge < -0.3 is 15.4 Å². The number of hydrogen-bond donors (Lipinski definition) is 1. The van der Waals surface area contributed by atoms with Crippen LogP contribution in [0.1, 0.15) is 18.4 Å². The number of methoxy groups -OCH3 is 1. The second-order valence-corrected chi connectivity index (χ2v) is 5.01. The van der Waals surface area contributed by atoms with Crippen LogP contribution in [0.15, 0.2) is 24.3 Å². The third-order valence-electron chi connectivity index (χ3n) is 3.80. The standard InChI is InChI=1S/C14H19F3N2O/c1-20-13-6-7-19(12(8-13)9-18)11-4-2-10(3-5-11)14(15,16)17/h2-5,12-13H,6-9,18H2,1H3. The van der Waals surface area contributed by atoms with Gasteiger partial charge in [-0.05, 0) is 37.1 Å². The van der Waals surface area contributed by atoms with Gasteiger partial charge in [0, 0.05) is 31.9 Å². The molecule has 6 heteroatoms. The van der Waals surface area contributed by atoms with Crippen molar-refractivity contribution in [3.05, 3.63) is 29.8 Å². The van der Waals surface area contributed by atoms with E-state index in [1.165, 1.54) is 12.1 Å². The summed E-state index contributed by atoms with van der Waals surface area (Å²) >= 11 is 0. The van der Waals surface area contributed by atoms with Crippen molar-refractivity contribution < 1.29 is 17.9 Å². The highest BCUT2D eigenvalue weighted by Gasteiger charge is 2.31. The van der Waals surface area contributed by atoms with E-state index in [9.17, 15) is 13.2 Å². The average Bonchev–Trinajstić information content (AvgIpc) is 2.45. The van der Waals surface area contributed by atoms with Crippen LogP contribution in [0.5, 0.6) is 0 Å². The Hall–Kier alpha value is -1.27. The van der Waals surface area contributed by atoms with Crippen molar-refractivity contribution in [3.8, 4) is 0 Å². The van der Waals surface area contributed by atoms with Crippen molar-refractivity contribution in [2.24, 2.45) is 5.73 Å². The molecule has 1 aromatic carbocycles. The first kappa shape index (κ1) is 15.1. The number of benzene rings is 1. The quantitative estimate of drug-likeness (QED) is 0.929. The molecule has 0 aliphatic carbocycles. The van der Waals surface area contributed by atoms with Crippen LogP contribution in [0.4, 0.5) is 18.9 Å². The molecule has 2 atom stereocenters. The van der Waals surface area contributed by atoms with Crippen molar-refractivity contribution >= 4 is 5.69 Å². The van der Waals surface area contributed by atoms with Gasteiger partial charge in [-0.1, -0.05) is 0 Å². The molecule has 3 nitrogen and oxygen atoms in total. The zero-order valence-electron chi connectivity index (χ0n) is 11.4. The molecule has 0 bridgehead atoms. The van der Waals surface area contributed by atoms with Crippen molar-refractivity contribution in [1.82, 2.24) is 0 Å². The monoisotopic (exact) mass is 288 g/mol. The minimum absolute atomic E-state index is 0.102. The molecule has 1 aromatic rings. The maximum atomic E-state index is 12.6. The van der Waals surface area contributed by atoms with Gasteiger partial charge in [0.15, 0.2) is 0 Å². The van der Waals surface area contributed by atoms with Crippen molar-refractivity contribution in [2.75, 3.05) is 25.1 Å². The van der Waals surface area contributed by atoms with Crippen LogP contribution in [-0.4, -0.2) is 32.3 Å². The van der Waals surface area contributed by atoms with E-state index in [1.807, 2.05) is 0 Å². The van der Waals surface area contributed by atoms with Crippen LogP contribution in [0.25, 0.3) is 0 Å². The van der Waals surface area contributed by atoms with E-state index < -0.39 is 11.7 Å². The van der Waals surface area contributed by atoms with Crippen molar-refractivity contribution in [3.63, 3.8) is 0 Å². The fourth-order valence-electron chi connectivity index (χ4n) is 2.63. The lowest BCUT2D eigenvalue weighted by Gasteiger charge is -2.40. The lowest BCUT2D eigenvalue weighted by molar-refractivity contribution is -0.137. The Morgan fingerprint density at radius 2 is 1.95 bits per heavy atom. The molecule has 2 N–H and O–H groups in total. The maximum Gasteiger partial charge on any atom is 0.416 e. The van der Waals surface area contributed by atoms with Gasteiger partial charge in [0.05, 0.1) is 11.7 Å². The summed E-state index contributed by atoms with van der Waals surface area (Å²) in [4.78, 5) is 2.07. The first-order valence-electron chi connectivity index (χ1n) is 6.62. The molecule has 112 valence electrons. The minimum Gasteiger partial charge on any atom is -0.381 e. The summed E-state index contributed by atoms with van der Waals surface area (Å²) in [5, 5.41) is 0. The fourth-order valence-corrected chi connectivity index (χ4v) is 2.63. The van der Waals surface area contributed by atoms with Crippen molar-refractivity contribution in [2.45, 2.75) is 31.2 Å². The van der Waals surface area contributed by atoms with Gasteiger partial charge in [-0.3, -0.25) is 0 Å². The van der Waals surface area contributed by atoms with E-state index in [-0.39, 0.29) is 12.1 Å². The van der Waals surface area contributed by atoms with E-state index in [0.29, 0.717) is 6.54 Å². The van der Waals surface area contributed by atoms with Crippen LogP contribution in [0.2, 0.25) is 0 Å². The average molecular weight is 288 g/mol. The topological polar surface area (TPSA) is 38.5 Å². The number of piperidine rings is 1. The molecule has 1 heterocycles. The largest absolute Gasteiger partial charge is 0.416 e. The second kappa shape index (κ2) is 6.01. The zero-order valence-corrected chi connectivity index (χ0v) is 11.4. The van der Waals surface area contributed by atoms with Gasteiger partial charge in [-0.25, -0.2) is 0 Å². The van der Waals surface area contributed by atoms with Crippen LogP contribution in [0, 0.1) is 0 Å². The summed E-state index contributed by atoms with van der Waals surface area (Å²) in [7, 11) is 1.67. The summed E-state index contributed by atoms with van der Waals surface area (Å²) in [6.45, 7) is 1.20. The number of nitrogens with two attached hydrogens (primary N) is 1. The minimum atomic E-state index is -4.30. The van der Waals surface area contributed by atoms with E-state index in [2.05, 4.69) is 4.90 Å². The molecule has 2 unspecified atom stereocenters. The van der Waals surface area contributed by atoms with E-state index in [0.717, 1.165) is 37.2 Å². The first-order chi connectivity index (χ1) is 9.45. The highest BCUT2D eigenvalue weighted by Crippen LogP contribution is 2.32. The summed E-state index contributed by atoms with van der Waals surface area (Å²) in [5.74, 6) is 0. The smallest absolute Gasteiger partial charge is 0.381 e. The van der Waals surface area contributed by atoms with E-state index in [4.69, 9.17) is 10.5 Å². The van der Waals surface area contributed by atoms with E-state index in [1.54, 1.807) is 7.11 Å². The Labute approximate surface area is 116 Å². The van der Waals surface area contributed by atoms with Crippen LogP contribution in [-0.2, 0) is 10.9 Å². The number of alkyl halides is 3. The normalized spacial score (nSPS) is 23.9. The molecule has 0 saturated carbocycles. The third kappa shape index (κ3) is 3.24. The lowest BCUT2D eigenvalue weighted by atomic mass is 9.98. The van der Waals surface area contributed by atoms with Gasteiger partial charge in [0.25, 0.3) is 0 Å². The second-order valence-electron chi connectivity index (χ2n) is 5.01. The van der Waals surface area contributed by atoms with Gasteiger partial charge in [-0.15, -0.1) is 0 Å². The molecular formula is C14H19F3N2O. The molecule has 0 spiro atoms. The molecule has 1 aliphatic heterocycles. The Morgan fingerprint density at radius 1 is 1.30 bits per heavy atom. The number of hydrogen-bond acceptors (Lipinski definition) is 3. The summed E-state index contributed by atoms with van der Waals surface area (Å²) in [5.41, 5.74) is 5.92. The van der Waals surface area contributed by atoms with Gasteiger partial charge in [-0.2, -0.15) is 13.2 Å². The summed E-state index contributed by atoms with van der Waals surface area (Å²) in [6, 6.07) is 5.36. The highest BCUT2D eigenvalue weighted by molar-refractivity contribution is 5.49. The molecule has 1 fully saturated rings. The molecule has 1 aliphatic rings. The summed E-state index contributed by atoms with van der Waals surface area (Å²) < 4.78 is 43.0. The Balaban J connectivity index is 2.14. The fraction of sp³-hybridized carbons (Fsp3) is 0.571. The van der Waals surface area contributed by atoms with Gasteiger partial charge >= 0.3 is 6.18 Å². The SMILES string of the molecule is COC1CCN(c2ccc(C(F)(F)F)cc2)C(CN)C1. The van der Waals surface area contributed by atoms with Gasteiger partial charge in [0.2, 0.25) is 0 Å². The zero-order chi connectivity index (χ0) is 14.8. The lowest BCUT2D eigenvalue weighted by Crippen LogP contribution is -2.48. The third-order valence-corrected chi connectivity index (χ3v) is 3.80. The number of anilines is 1. The molecule has 1 saturated heterocycles. The number of halogens is 3. The molecule has 0 radical (unpaired) electrons. The number of nitrogens with zero attached hydrogens (tertiary/aromatic N) is 1.